The van der Waals surface area contributed by atoms with Gasteiger partial charge in [0, 0.05) is 27.3 Å². The fourth-order valence-electron chi connectivity index (χ4n) is 1.86. The van der Waals surface area contributed by atoms with E-state index in [9.17, 15) is 9.59 Å². The third-order valence-corrected chi connectivity index (χ3v) is 3.80. The summed E-state index contributed by atoms with van der Waals surface area (Å²) < 4.78 is 6.44. The molecule has 6 heteroatoms. The molecule has 0 radical (unpaired) electrons. The molecular formula is C19H21BrN2O3. The smallest absolute Gasteiger partial charge is 0.262 e. The topological polar surface area (TPSA) is 67.4 Å². The van der Waals surface area contributed by atoms with Crippen molar-refractivity contribution in [3.63, 3.8) is 0 Å². The molecule has 0 aliphatic rings. The molecule has 0 heterocycles. The highest BCUT2D eigenvalue weighted by Crippen LogP contribution is 2.21. The standard InChI is InChI=1S/C19H21BrN2O3/c1-19(2,3)18(24)22-15-5-4-6-16(11-15)25-12-17(23)21-14-9-7-13(20)8-10-14/h4-11H,12H2,1-3H3,(H,21,23)(H,22,24). The number of carbonyl (C=O) groups is 2. The Hall–Kier alpha value is -2.34. The van der Waals surface area contributed by atoms with Crippen LogP contribution in [0.15, 0.2) is 53.0 Å². The van der Waals surface area contributed by atoms with Crippen molar-refractivity contribution in [2.24, 2.45) is 5.41 Å². The van der Waals surface area contributed by atoms with Crippen molar-refractivity contribution in [1.82, 2.24) is 0 Å². The summed E-state index contributed by atoms with van der Waals surface area (Å²) in [6.45, 7) is 5.41. The van der Waals surface area contributed by atoms with Gasteiger partial charge in [-0.3, -0.25) is 9.59 Å². The molecule has 0 bridgehead atoms. The number of nitrogens with one attached hydrogen (secondary N) is 2. The normalized spacial score (nSPS) is 10.9. The molecular weight excluding hydrogens is 384 g/mol. The molecule has 2 N–H and O–H groups in total. The van der Waals surface area contributed by atoms with Crippen LogP contribution in [0.5, 0.6) is 5.75 Å². The number of hydrogen-bond donors (Lipinski definition) is 2. The van der Waals surface area contributed by atoms with Gasteiger partial charge >= 0.3 is 0 Å². The van der Waals surface area contributed by atoms with E-state index in [4.69, 9.17) is 4.74 Å². The zero-order chi connectivity index (χ0) is 18.4. The molecule has 2 amide bonds. The summed E-state index contributed by atoms with van der Waals surface area (Å²) in [7, 11) is 0. The Morgan fingerprint density at radius 3 is 2.32 bits per heavy atom. The first kappa shape index (κ1) is 19.0. The molecule has 0 saturated carbocycles. The molecule has 2 aromatic rings. The van der Waals surface area contributed by atoms with Gasteiger partial charge in [0.05, 0.1) is 0 Å². The lowest BCUT2D eigenvalue weighted by Crippen LogP contribution is -2.27. The number of hydrogen-bond acceptors (Lipinski definition) is 3. The first-order valence-electron chi connectivity index (χ1n) is 7.84. The van der Waals surface area contributed by atoms with Crippen LogP contribution in [0.3, 0.4) is 0 Å². The third-order valence-electron chi connectivity index (χ3n) is 3.27. The van der Waals surface area contributed by atoms with E-state index in [0.717, 1.165) is 4.47 Å². The molecule has 0 aliphatic heterocycles. The van der Waals surface area contributed by atoms with Crippen LogP contribution in [0.2, 0.25) is 0 Å². The van der Waals surface area contributed by atoms with E-state index in [1.807, 2.05) is 32.9 Å². The van der Waals surface area contributed by atoms with Crippen LogP contribution in [0.1, 0.15) is 20.8 Å². The molecule has 0 unspecified atom stereocenters. The predicted octanol–water partition coefficient (Wildman–Crippen LogP) is 4.45. The van der Waals surface area contributed by atoms with Crippen LogP contribution in [0, 0.1) is 5.41 Å². The van der Waals surface area contributed by atoms with Gasteiger partial charge in [-0.2, -0.15) is 0 Å². The molecule has 132 valence electrons. The minimum absolute atomic E-state index is 0.0855. The second-order valence-corrected chi connectivity index (χ2v) is 7.49. The highest BCUT2D eigenvalue weighted by Gasteiger charge is 2.21. The molecule has 25 heavy (non-hydrogen) atoms. The van der Waals surface area contributed by atoms with Crippen molar-refractivity contribution in [1.29, 1.82) is 0 Å². The van der Waals surface area contributed by atoms with Crippen LogP contribution >= 0.6 is 15.9 Å². The van der Waals surface area contributed by atoms with Gasteiger partial charge in [-0.15, -0.1) is 0 Å². The fraction of sp³-hybridized carbons (Fsp3) is 0.263. The van der Waals surface area contributed by atoms with Gasteiger partial charge in [0.1, 0.15) is 5.75 Å². The van der Waals surface area contributed by atoms with Crippen LogP contribution in [0.4, 0.5) is 11.4 Å². The first-order chi connectivity index (χ1) is 11.7. The molecule has 0 aromatic heterocycles. The van der Waals surface area contributed by atoms with Crippen molar-refractivity contribution < 1.29 is 14.3 Å². The van der Waals surface area contributed by atoms with Gasteiger partial charge in [-0.05, 0) is 36.4 Å². The van der Waals surface area contributed by atoms with Gasteiger partial charge in [-0.1, -0.05) is 42.8 Å². The summed E-state index contributed by atoms with van der Waals surface area (Å²) in [6, 6.07) is 14.2. The molecule has 5 nitrogen and oxygen atoms in total. The number of halogens is 1. The quantitative estimate of drug-likeness (QED) is 0.773. The molecule has 0 fully saturated rings. The van der Waals surface area contributed by atoms with Gasteiger partial charge < -0.3 is 15.4 Å². The Labute approximate surface area is 155 Å². The van der Waals surface area contributed by atoms with E-state index in [1.165, 1.54) is 0 Å². The van der Waals surface area contributed by atoms with Crippen LogP contribution in [-0.2, 0) is 9.59 Å². The lowest BCUT2D eigenvalue weighted by molar-refractivity contribution is -0.123. The van der Waals surface area contributed by atoms with Crippen LogP contribution < -0.4 is 15.4 Å². The first-order valence-corrected chi connectivity index (χ1v) is 8.63. The zero-order valence-corrected chi connectivity index (χ0v) is 16.0. The largest absolute Gasteiger partial charge is 0.484 e. The minimum atomic E-state index is -0.485. The Morgan fingerprint density at radius 2 is 1.68 bits per heavy atom. The molecule has 2 rings (SSSR count). The van der Waals surface area contributed by atoms with E-state index in [1.54, 1.807) is 36.4 Å². The number of amides is 2. The van der Waals surface area contributed by atoms with E-state index in [-0.39, 0.29) is 18.4 Å². The van der Waals surface area contributed by atoms with Crippen molar-refractivity contribution in [3.8, 4) is 5.75 Å². The maximum atomic E-state index is 12.0. The summed E-state index contributed by atoms with van der Waals surface area (Å²) in [5.41, 5.74) is 0.843. The lowest BCUT2D eigenvalue weighted by atomic mass is 9.95. The summed E-state index contributed by atoms with van der Waals surface area (Å²) in [4.78, 5) is 24.0. The molecule has 0 spiro atoms. The Morgan fingerprint density at radius 1 is 1.00 bits per heavy atom. The Kier molecular flexibility index (Phi) is 6.20. The van der Waals surface area contributed by atoms with E-state index >= 15 is 0 Å². The summed E-state index contributed by atoms with van der Waals surface area (Å²) in [5.74, 6) is 0.168. The van der Waals surface area contributed by atoms with Crippen LogP contribution in [0.25, 0.3) is 0 Å². The lowest BCUT2D eigenvalue weighted by Gasteiger charge is -2.18. The minimum Gasteiger partial charge on any atom is -0.484 e. The van der Waals surface area contributed by atoms with Crippen molar-refractivity contribution in [3.05, 3.63) is 53.0 Å². The van der Waals surface area contributed by atoms with Gasteiger partial charge in [0.2, 0.25) is 5.91 Å². The van der Waals surface area contributed by atoms with Crippen molar-refractivity contribution in [2.75, 3.05) is 17.2 Å². The van der Waals surface area contributed by atoms with E-state index in [2.05, 4.69) is 26.6 Å². The van der Waals surface area contributed by atoms with Gasteiger partial charge in [0.15, 0.2) is 6.61 Å². The summed E-state index contributed by atoms with van der Waals surface area (Å²) >= 11 is 3.34. The maximum Gasteiger partial charge on any atom is 0.262 e. The number of carbonyl (C=O) groups excluding carboxylic acids is 2. The number of rotatable bonds is 5. The Balaban J connectivity index is 1.90. The molecule has 2 aromatic carbocycles. The average molecular weight is 405 g/mol. The van der Waals surface area contributed by atoms with Crippen molar-refractivity contribution in [2.45, 2.75) is 20.8 Å². The summed E-state index contributed by atoms with van der Waals surface area (Å²) in [6.07, 6.45) is 0. The van der Waals surface area contributed by atoms with Crippen LogP contribution in [-0.4, -0.2) is 18.4 Å². The predicted molar refractivity (Wildman–Crippen MR) is 103 cm³/mol. The van der Waals surface area contributed by atoms with Crippen molar-refractivity contribution >= 4 is 39.1 Å². The SMILES string of the molecule is CC(C)(C)C(=O)Nc1cccc(OCC(=O)Nc2ccc(Br)cc2)c1. The zero-order valence-electron chi connectivity index (χ0n) is 14.4. The highest BCUT2D eigenvalue weighted by atomic mass is 79.9. The fourth-order valence-corrected chi connectivity index (χ4v) is 2.13. The summed E-state index contributed by atoms with van der Waals surface area (Å²) in [5, 5.41) is 5.58. The van der Waals surface area contributed by atoms with E-state index < -0.39 is 5.41 Å². The van der Waals surface area contributed by atoms with E-state index in [0.29, 0.717) is 17.1 Å². The maximum absolute atomic E-state index is 12.0. The monoisotopic (exact) mass is 404 g/mol. The number of anilines is 2. The third kappa shape index (κ3) is 6.23. The van der Waals surface area contributed by atoms with Gasteiger partial charge in [0.25, 0.3) is 5.91 Å². The molecule has 0 atom stereocenters. The second kappa shape index (κ2) is 8.16. The molecule has 0 saturated heterocycles. The molecule has 0 aliphatic carbocycles. The number of ether oxygens (including phenoxy) is 1. The number of benzene rings is 2. The second-order valence-electron chi connectivity index (χ2n) is 6.58. The van der Waals surface area contributed by atoms with Gasteiger partial charge in [-0.25, -0.2) is 0 Å². The average Bonchev–Trinajstić information content (AvgIpc) is 2.55. The Bertz CT molecular complexity index is 752. The highest BCUT2D eigenvalue weighted by molar-refractivity contribution is 9.10.